The van der Waals surface area contributed by atoms with E-state index in [0.29, 0.717) is 13.2 Å². The van der Waals surface area contributed by atoms with Crippen LogP contribution in [0.3, 0.4) is 0 Å². The first-order valence-electron chi connectivity index (χ1n) is 8.71. The summed E-state index contributed by atoms with van der Waals surface area (Å²) in [6.45, 7) is 1.12. The molecular formula is C22H22O5. The highest BCUT2D eigenvalue weighted by molar-refractivity contribution is 6.07. The van der Waals surface area contributed by atoms with E-state index in [1.165, 1.54) is 0 Å². The Kier molecular flexibility index (Phi) is 4.54. The van der Waals surface area contributed by atoms with E-state index < -0.39 is 0 Å². The number of fused-ring (bicyclic) bond motifs is 2. The van der Waals surface area contributed by atoms with Crippen molar-refractivity contribution in [1.82, 2.24) is 0 Å². The fourth-order valence-electron chi connectivity index (χ4n) is 3.77. The molecule has 0 aliphatic carbocycles. The monoisotopic (exact) mass is 366 g/mol. The predicted molar refractivity (Wildman–Crippen MR) is 104 cm³/mol. The largest absolute Gasteiger partial charge is 0.497 e. The summed E-state index contributed by atoms with van der Waals surface area (Å²) in [6.07, 6.45) is 0. The molecule has 140 valence electrons. The van der Waals surface area contributed by atoms with Crippen molar-refractivity contribution in [2.75, 3.05) is 28.4 Å². The fraction of sp³-hybridized carbons (Fsp3) is 0.273. The Morgan fingerprint density at radius 1 is 0.741 bits per heavy atom. The number of benzene rings is 3. The average molecular weight is 366 g/mol. The molecule has 0 saturated carbocycles. The van der Waals surface area contributed by atoms with Crippen LogP contribution in [0.25, 0.3) is 21.9 Å². The van der Waals surface area contributed by atoms with Gasteiger partial charge in [0.1, 0.15) is 23.0 Å². The molecule has 5 nitrogen and oxygen atoms in total. The summed E-state index contributed by atoms with van der Waals surface area (Å²) in [6, 6.07) is 11.8. The molecule has 0 fully saturated rings. The van der Waals surface area contributed by atoms with Crippen LogP contribution in [0.1, 0.15) is 11.1 Å². The van der Waals surface area contributed by atoms with E-state index in [1.807, 2.05) is 30.3 Å². The summed E-state index contributed by atoms with van der Waals surface area (Å²) in [7, 11) is 6.69. The molecule has 0 N–H and O–H groups in total. The van der Waals surface area contributed by atoms with Gasteiger partial charge in [-0.25, -0.2) is 0 Å². The zero-order chi connectivity index (χ0) is 19.0. The van der Waals surface area contributed by atoms with E-state index in [4.69, 9.17) is 23.7 Å². The van der Waals surface area contributed by atoms with Crippen LogP contribution in [0, 0.1) is 0 Å². The van der Waals surface area contributed by atoms with Crippen LogP contribution in [0.2, 0.25) is 0 Å². The minimum absolute atomic E-state index is 0.543. The Bertz CT molecular complexity index is 1010. The zero-order valence-corrected chi connectivity index (χ0v) is 15.9. The van der Waals surface area contributed by atoms with Crippen molar-refractivity contribution in [1.29, 1.82) is 0 Å². The van der Waals surface area contributed by atoms with Gasteiger partial charge in [0, 0.05) is 21.9 Å². The van der Waals surface area contributed by atoms with Crippen LogP contribution in [-0.2, 0) is 18.0 Å². The maximum Gasteiger partial charge on any atom is 0.127 e. The van der Waals surface area contributed by atoms with Gasteiger partial charge in [-0.05, 0) is 47.5 Å². The standard InChI is InChI=1S/C22H22O5/c1-23-14-5-6-18(24-2)16(10-14)21-17-12-27-11-13(17)9-15-19(25-3)7-8-20(26-4)22(15)21/h5-10H,11-12H2,1-4H3. The average Bonchev–Trinajstić information content (AvgIpc) is 3.19. The topological polar surface area (TPSA) is 46.2 Å². The SMILES string of the molecule is COc1ccc(OC)c(-c2c3c(cc4c(OC)ccc(OC)c24)COC3)c1. The van der Waals surface area contributed by atoms with Crippen LogP contribution in [0.5, 0.6) is 23.0 Å². The summed E-state index contributed by atoms with van der Waals surface area (Å²) in [5.74, 6) is 3.10. The highest BCUT2D eigenvalue weighted by Crippen LogP contribution is 2.48. The Morgan fingerprint density at radius 2 is 1.44 bits per heavy atom. The molecule has 1 aliphatic rings. The molecule has 3 aromatic rings. The molecule has 0 bridgehead atoms. The lowest BCUT2D eigenvalue weighted by atomic mass is 9.89. The van der Waals surface area contributed by atoms with Gasteiger partial charge in [0.15, 0.2) is 0 Å². The van der Waals surface area contributed by atoms with E-state index in [-0.39, 0.29) is 0 Å². The number of rotatable bonds is 5. The number of ether oxygens (including phenoxy) is 5. The van der Waals surface area contributed by atoms with Crippen molar-refractivity contribution in [3.63, 3.8) is 0 Å². The van der Waals surface area contributed by atoms with E-state index in [1.54, 1.807) is 28.4 Å². The lowest BCUT2D eigenvalue weighted by Gasteiger charge is -2.19. The van der Waals surface area contributed by atoms with Crippen LogP contribution >= 0.6 is 0 Å². The Hall–Kier alpha value is -2.92. The van der Waals surface area contributed by atoms with Gasteiger partial charge >= 0.3 is 0 Å². The first-order chi connectivity index (χ1) is 13.2. The molecule has 27 heavy (non-hydrogen) atoms. The third kappa shape index (κ3) is 2.75. The van der Waals surface area contributed by atoms with E-state index in [9.17, 15) is 0 Å². The Labute approximate surface area is 158 Å². The van der Waals surface area contributed by atoms with Gasteiger partial charge in [-0.1, -0.05) is 0 Å². The highest BCUT2D eigenvalue weighted by atomic mass is 16.5. The Balaban J connectivity index is 2.17. The summed E-state index contributed by atoms with van der Waals surface area (Å²) in [5, 5.41) is 1.97. The molecule has 4 rings (SSSR count). The molecule has 1 heterocycles. The molecule has 0 spiro atoms. The first-order valence-corrected chi connectivity index (χ1v) is 8.71. The number of hydrogen-bond acceptors (Lipinski definition) is 5. The quantitative estimate of drug-likeness (QED) is 0.662. The third-order valence-electron chi connectivity index (χ3n) is 5.05. The summed E-state index contributed by atoms with van der Waals surface area (Å²) in [5.41, 5.74) is 4.26. The summed E-state index contributed by atoms with van der Waals surface area (Å²) < 4.78 is 28.2. The van der Waals surface area contributed by atoms with E-state index >= 15 is 0 Å². The van der Waals surface area contributed by atoms with Crippen molar-refractivity contribution in [3.8, 4) is 34.1 Å². The second-order valence-corrected chi connectivity index (χ2v) is 6.34. The smallest absolute Gasteiger partial charge is 0.127 e. The molecule has 0 saturated heterocycles. The maximum atomic E-state index is 5.77. The van der Waals surface area contributed by atoms with Crippen molar-refractivity contribution >= 4 is 10.8 Å². The third-order valence-corrected chi connectivity index (χ3v) is 5.05. The van der Waals surface area contributed by atoms with Gasteiger partial charge in [0.25, 0.3) is 0 Å². The van der Waals surface area contributed by atoms with Crippen molar-refractivity contribution in [2.45, 2.75) is 13.2 Å². The van der Waals surface area contributed by atoms with Crippen LogP contribution in [0.15, 0.2) is 36.4 Å². The lowest BCUT2D eigenvalue weighted by Crippen LogP contribution is -1.98. The molecule has 0 aromatic heterocycles. The molecule has 0 amide bonds. The minimum atomic E-state index is 0.543. The zero-order valence-electron chi connectivity index (χ0n) is 15.9. The van der Waals surface area contributed by atoms with E-state index in [2.05, 4.69) is 6.07 Å². The van der Waals surface area contributed by atoms with Crippen LogP contribution < -0.4 is 18.9 Å². The van der Waals surface area contributed by atoms with Gasteiger partial charge in [-0.2, -0.15) is 0 Å². The second kappa shape index (κ2) is 7.00. The molecule has 0 atom stereocenters. The van der Waals surface area contributed by atoms with Crippen molar-refractivity contribution in [3.05, 3.63) is 47.5 Å². The lowest BCUT2D eigenvalue weighted by molar-refractivity contribution is 0.134. The second-order valence-electron chi connectivity index (χ2n) is 6.34. The highest BCUT2D eigenvalue weighted by Gasteiger charge is 2.25. The minimum Gasteiger partial charge on any atom is -0.497 e. The molecule has 3 aromatic carbocycles. The van der Waals surface area contributed by atoms with Gasteiger partial charge in [0.2, 0.25) is 0 Å². The Morgan fingerprint density at radius 3 is 2.15 bits per heavy atom. The molecule has 0 unspecified atom stereocenters. The fourth-order valence-corrected chi connectivity index (χ4v) is 3.77. The molecule has 1 aliphatic heterocycles. The van der Waals surface area contributed by atoms with Crippen molar-refractivity contribution < 1.29 is 23.7 Å². The molecular weight excluding hydrogens is 344 g/mol. The number of hydrogen-bond donors (Lipinski definition) is 0. The summed E-state index contributed by atoms with van der Waals surface area (Å²) >= 11 is 0. The summed E-state index contributed by atoms with van der Waals surface area (Å²) in [4.78, 5) is 0. The van der Waals surface area contributed by atoms with Gasteiger partial charge in [-0.3, -0.25) is 0 Å². The van der Waals surface area contributed by atoms with Gasteiger partial charge < -0.3 is 23.7 Å². The van der Waals surface area contributed by atoms with Crippen molar-refractivity contribution in [2.24, 2.45) is 0 Å². The van der Waals surface area contributed by atoms with Crippen LogP contribution in [0.4, 0.5) is 0 Å². The van der Waals surface area contributed by atoms with E-state index in [0.717, 1.165) is 56.0 Å². The molecule has 0 radical (unpaired) electrons. The normalized spacial score (nSPS) is 12.7. The first kappa shape index (κ1) is 17.5. The maximum absolute atomic E-state index is 5.77. The van der Waals surface area contributed by atoms with Crippen LogP contribution in [-0.4, -0.2) is 28.4 Å². The number of methoxy groups -OCH3 is 4. The molecule has 5 heteroatoms. The predicted octanol–water partition coefficient (Wildman–Crippen LogP) is 4.57. The van der Waals surface area contributed by atoms with Gasteiger partial charge in [-0.15, -0.1) is 0 Å². The van der Waals surface area contributed by atoms with Gasteiger partial charge in [0.05, 0.1) is 41.7 Å².